The Balaban J connectivity index is 2.16. The van der Waals surface area contributed by atoms with Gasteiger partial charge in [0.2, 0.25) is 5.88 Å². The van der Waals surface area contributed by atoms with Gasteiger partial charge in [-0.05, 0) is 37.7 Å². The van der Waals surface area contributed by atoms with Gasteiger partial charge in [0.15, 0.2) is 0 Å². The molecule has 0 aliphatic rings. The van der Waals surface area contributed by atoms with Crippen molar-refractivity contribution >= 4 is 11.6 Å². The maximum Gasteiger partial charge on any atom is 0.238 e. The molecule has 1 N–H and O–H groups in total. The second kappa shape index (κ2) is 5.80. The van der Waals surface area contributed by atoms with Crippen LogP contribution in [0.1, 0.15) is 11.3 Å². The molecule has 0 saturated heterocycles. The zero-order valence-corrected chi connectivity index (χ0v) is 11.0. The summed E-state index contributed by atoms with van der Waals surface area (Å²) in [6.45, 7) is 2.64. The Hall–Kier alpha value is -1.65. The van der Waals surface area contributed by atoms with Crippen molar-refractivity contribution in [3.05, 3.63) is 46.9 Å². The van der Waals surface area contributed by atoms with Gasteiger partial charge in [-0.3, -0.25) is 4.98 Å². The van der Waals surface area contributed by atoms with E-state index in [1.807, 2.05) is 32.2 Å². The summed E-state index contributed by atoms with van der Waals surface area (Å²) in [5, 5.41) is 3.53. The van der Waals surface area contributed by atoms with E-state index in [0.29, 0.717) is 16.7 Å². The molecule has 0 amide bonds. The first-order chi connectivity index (χ1) is 8.69. The predicted octanol–water partition coefficient (Wildman–Crippen LogP) is 2.95. The highest BCUT2D eigenvalue weighted by Gasteiger charge is 2.06. The average molecular weight is 264 g/mol. The van der Waals surface area contributed by atoms with Crippen molar-refractivity contribution < 1.29 is 4.74 Å². The fraction of sp³-hybridized carbons (Fsp3) is 0.231. The minimum atomic E-state index is 0.391. The van der Waals surface area contributed by atoms with Crippen LogP contribution in [0.2, 0.25) is 5.02 Å². The van der Waals surface area contributed by atoms with Crippen LogP contribution in [0.25, 0.3) is 0 Å². The van der Waals surface area contributed by atoms with E-state index in [9.17, 15) is 0 Å². The van der Waals surface area contributed by atoms with E-state index >= 15 is 0 Å². The van der Waals surface area contributed by atoms with Crippen molar-refractivity contribution in [1.82, 2.24) is 15.3 Å². The zero-order valence-electron chi connectivity index (χ0n) is 10.3. The van der Waals surface area contributed by atoms with Crippen LogP contribution in [0, 0.1) is 6.92 Å². The maximum absolute atomic E-state index is 6.11. The van der Waals surface area contributed by atoms with E-state index in [1.54, 1.807) is 12.4 Å². The smallest absolute Gasteiger partial charge is 0.238 e. The molecule has 94 valence electrons. The van der Waals surface area contributed by atoms with Gasteiger partial charge in [-0.1, -0.05) is 11.6 Å². The van der Waals surface area contributed by atoms with Crippen LogP contribution < -0.4 is 10.1 Å². The number of hydrogen-bond donors (Lipinski definition) is 1. The molecular weight excluding hydrogens is 250 g/mol. The van der Waals surface area contributed by atoms with Crippen LogP contribution in [0.15, 0.2) is 30.6 Å². The molecule has 5 heteroatoms. The van der Waals surface area contributed by atoms with Crippen molar-refractivity contribution in [1.29, 1.82) is 0 Å². The van der Waals surface area contributed by atoms with E-state index in [0.717, 1.165) is 17.8 Å². The molecule has 2 aromatic heterocycles. The van der Waals surface area contributed by atoms with Gasteiger partial charge in [-0.25, -0.2) is 4.98 Å². The molecule has 0 aliphatic heterocycles. The molecule has 0 unspecified atom stereocenters. The van der Waals surface area contributed by atoms with Crippen molar-refractivity contribution in [2.75, 3.05) is 7.05 Å². The molecule has 0 spiro atoms. The SMILES string of the molecule is CNCc1cnc(Oc2ccc(C)nc2)c(Cl)c1. The van der Waals surface area contributed by atoms with Crippen molar-refractivity contribution in [2.24, 2.45) is 0 Å². The maximum atomic E-state index is 6.11. The van der Waals surface area contributed by atoms with Gasteiger partial charge >= 0.3 is 0 Å². The van der Waals surface area contributed by atoms with Gasteiger partial charge < -0.3 is 10.1 Å². The Morgan fingerprint density at radius 3 is 2.72 bits per heavy atom. The summed E-state index contributed by atoms with van der Waals surface area (Å²) in [4.78, 5) is 8.34. The fourth-order valence-corrected chi connectivity index (χ4v) is 1.69. The molecule has 0 saturated carbocycles. The number of nitrogens with one attached hydrogen (secondary N) is 1. The van der Waals surface area contributed by atoms with E-state index in [2.05, 4.69) is 15.3 Å². The summed E-state index contributed by atoms with van der Waals surface area (Å²) in [5.41, 5.74) is 1.95. The average Bonchev–Trinajstić information content (AvgIpc) is 2.36. The number of nitrogens with zero attached hydrogens (tertiary/aromatic N) is 2. The molecule has 0 radical (unpaired) electrons. The third-order valence-corrected chi connectivity index (χ3v) is 2.61. The molecule has 2 rings (SSSR count). The Morgan fingerprint density at radius 2 is 2.11 bits per heavy atom. The standard InChI is InChI=1S/C13H14ClN3O/c1-9-3-4-11(8-16-9)18-13-12(14)5-10(6-15-2)7-17-13/h3-5,7-8,15H,6H2,1-2H3. The van der Waals surface area contributed by atoms with Crippen molar-refractivity contribution in [3.8, 4) is 11.6 Å². The lowest BCUT2D eigenvalue weighted by atomic mass is 10.3. The van der Waals surface area contributed by atoms with Crippen LogP contribution >= 0.6 is 11.6 Å². The monoisotopic (exact) mass is 263 g/mol. The number of aromatic nitrogens is 2. The van der Waals surface area contributed by atoms with Crippen LogP contribution in [0.4, 0.5) is 0 Å². The lowest BCUT2D eigenvalue weighted by Crippen LogP contribution is -2.05. The summed E-state index contributed by atoms with van der Waals surface area (Å²) in [6.07, 6.45) is 3.38. The minimum absolute atomic E-state index is 0.391. The van der Waals surface area contributed by atoms with Gasteiger partial charge in [-0.15, -0.1) is 0 Å². The number of rotatable bonds is 4. The van der Waals surface area contributed by atoms with Gasteiger partial charge in [-0.2, -0.15) is 0 Å². The minimum Gasteiger partial charge on any atom is -0.436 e. The highest BCUT2D eigenvalue weighted by atomic mass is 35.5. The highest BCUT2D eigenvalue weighted by molar-refractivity contribution is 6.31. The number of pyridine rings is 2. The van der Waals surface area contributed by atoms with E-state index in [1.165, 1.54) is 0 Å². The Morgan fingerprint density at radius 1 is 1.28 bits per heavy atom. The zero-order chi connectivity index (χ0) is 13.0. The molecule has 0 bridgehead atoms. The van der Waals surface area contributed by atoms with Crippen LogP contribution in [0.5, 0.6) is 11.6 Å². The molecule has 4 nitrogen and oxygen atoms in total. The Bertz CT molecular complexity index is 528. The topological polar surface area (TPSA) is 47.0 Å². The van der Waals surface area contributed by atoms with Gasteiger partial charge in [0, 0.05) is 18.4 Å². The quantitative estimate of drug-likeness (QED) is 0.921. The summed E-state index contributed by atoms with van der Waals surface area (Å²) in [7, 11) is 1.87. The summed E-state index contributed by atoms with van der Waals surface area (Å²) < 4.78 is 5.57. The number of aryl methyl sites for hydroxylation is 1. The van der Waals surface area contributed by atoms with E-state index < -0.39 is 0 Å². The molecule has 2 heterocycles. The number of halogens is 1. The summed E-state index contributed by atoms with van der Waals surface area (Å²) in [5.74, 6) is 1.01. The predicted molar refractivity (Wildman–Crippen MR) is 71.1 cm³/mol. The number of ether oxygens (including phenoxy) is 1. The molecule has 0 aliphatic carbocycles. The Kier molecular flexibility index (Phi) is 4.12. The molecule has 0 aromatic carbocycles. The van der Waals surface area contributed by atoms with Crippen molar-refractivity contribution in [3.63, 3.8) is 0 Å². The lowest BCUT2D eigenvalue weighted by molar-refractivity contribution is 0.460. The molecule has 0 fully saturated rings. The molecule has 18 heavy (non-hydrogen) atoms. The first-order valence-electron chi connectivity index (χ1n) is 5.58. The van der Waals surface area contributed by atoms with E-state index in [4.69, 9.17) is 16.3 Å². The molecule has 0 atom stereocenters. The van der Waals surface area contributed by atoms with Crippen LogP contribution in [-0.2, 0) is 6.54 Å². The molecule has 2 aromatic rings. The second-order valence-corrected chi connectivity index (χ2v) is 4.31. The van der Waals surface area contributed by atoms with Crippen LogP contribution in [-0.4, -0.2) is 17.0 Å². The second-order valence-electron chi connectivity index (χ2n) is 3.90. The summed E-state index contributed by atoms with van der Waals surface area (Å²) >= 11 is 6.11. The largest absolute Gasteiger partial charge is 0.436 e. The fourth-order valence-electron chi connectivity index (χ4n) is 1.47. The molecular formula is C13H14ClN3O. The third kappa shape index (κ3) is 3.18. The highest BCUT2D eigenvalue weighted by Crippen LogP contribution is 2.27. The third-order valence-electron chi connectivity index (χ3n) is 2.34. The first kappa shape index (κ1) is 12.8. The van der Waals surface area contributed by atoms with Gasteiger partial charge in [0.1, 0.15) is 10.8 Å². The first-order valence-corrected chi connectivity index (χ1v) is 5.96. The number of hydrogen-bond acceptors (Lipinski definition) is 4. The van der Waals surface area contributed by atoms with Crippen molar-refractivity contribution in [2.45, 2.75) is 13.5 Å². The summed E-state index contributed by atoms with van der Waals surface area (Å²) in [6, 6.07) is 5.54. The van der Waals surface area contributed by atoms with E-state index in [-0.39, 0.29) is 0 Å². The van der Waals surface area contributed by atoms with Gasteiger partial charge in [0.05, 0.1) is 6.20 Å². The lowest BCUT2D eigenvalue weighted by Gasteiger charge is -2.07. The van der Waals surface area contributed by atoms with Gasteiger partial charge in [0.25, 0.3) is 0 Å². The van der Waals surface area contributed by atoms with Crippen LogP contribution in [0.3, 0.4) is 0 Å². The Labute approximate surface area is 111 Å². The normalized spacial score (nSPS) is 10.4.